The van der Waals surface area contributed by atoms with Crippen molar-refractivity contribution >= 4 is 27.3 Å². The molecular weight excluding hydrogens is 298 g/mol. The lowest BCUT2D eigenvalue weighted by Gasteiger charge is -2.22. The summed E-state index contributed by atoms with van der Waals surface area (Å²) in [5, 5.41) is 10.7. The molecule has 0 saturated carbocycles. The molecule has 1 atom stereocenters. The molecule has 18 heavy (non-hydrogen) atoms. The van der Waals surface area contributed by atoms with Gasteiger partial charge in [-0.25, -0.2) is 0 Å². The van der Waals surface area contributed by atoms with Gasteiger partial charge in [-0.15, -0.1) is 0 Å². The fraction of sp³-hybridized carbons (Fsp3) is 0.500. The van der Waals surface area contributed by atoms with Crippen molar-refractivity contribution in [3.8, 4) is 0 Å². The van der Waals surface area contributed by atoms with Crippen LogP contribution in [0.15, 0.2) is 22.7 Å². The van der Waals surface area contributed by atoms with Crippen LogP contribution in [0.1, 0.15) is 6.42 Å². The van der Waals surface area contributed by atoms with Crippen molar-refractivity contribution in [3.63, 3.8) is 0 Å². The number of hydrogen-bond donors (Lipinski definition) is 0. The molecule has 1 aromatic carbocycles. The lowest BCUT2D eigenvalue weighted by atomic mass is 10.2. The predicted molar refractivity (Wildman–Crippen MR) is 75.1 cm³/mol. The van der Waals surface area contributed by atoms with Crippen molar-refractivity contribution in [2.24, 2.45) is 0 Å². The zero-order valence-electron chi connectivity index (χ0n) is 10.5. The molecule has 0 N–H and O–H groups in total. The summed E-state index contributed by atoms with van der Waals surface area (Å²) >= 11 is 3.42. The number of nitro groups is 1. The second-order valence-corrected chi connectivity index (χ2v) is 5.60. The number of hydrogen-bond acceptors (Lipinski definition) is 4. The van der Waals surface area contributed by atoms with Crippen LogP contribution < -0.4 is 4.90 Å². The number of benzene rings is 1. The summed E-state index contributed by atoms with van der Waals surface area (Å²) < 4.78 is 0.788. The van der Waals surface area contributed by atoms with E-state index in [9.17, 15) is 10.1 Å². The monoisotopic (exact) mass is 313 g/mol. The van der Waals surface area contributed by atoms with Crippen molar-refractivity contribution in [1.29, 1.82) is 0 Å². The van der Waals surface area contributed by atoms with Gasteiger partial charge >= 0.3 is 0 Å². The number of anilines is 1. The molecule has 1 saturated heterocycles. The zero-order chi connectivity index (χ0) is 13.3. The number of rotatable bonds is 3. The van der Waals surface area contributed by atoms with Crippen LogP contribution in [0.5, 0.6) is 0 Å². The molecule has 0 amide bonds. The van der Waals surface area contributed by atoms with E-state index in [4.69, 9.17) is 0 Å². The Kier molecular flexibility index (Phi) is 3.87. The van der Waals surface area contributed by atoms with Crippen molar-refractivity contribution in [2.75, 3.05) is 32.1 Å². The van der Waals surface area contributed by atoms with Crippen LogP contribution in [0.3, 0.4) is 0 Å². The Hall–Kier alpha value is -1.14. The van der Waals surface area contributed by atoms with E-state index in [-0.39, 0.29) is 10.6 Å². The van der Waals surface area contributed by atoms with Gasteiger partial charge in [0, 0.05) is 35.7 Å². The van der Waals surface area contributed by atoms with Gasteiger partial charge in [-0.2, -0.15) is 0 Å². The van der Waals surface area contributed by atoms with Gasteiger partial charge < -0.3 is 9.80 Å². The van der Waals surface area contributed by atoms with E-state index in [0.29, 0.717) is 6.04 Å². The van der Waals surface area contributed by atoms with Gasteiger partial charge in [0.1, 0.15) is 0 Å². The Morgan fingerprint density at radius 1 is 1.50 bits per heavy atom. The summed E-state index contributed by atoms with van der Waals surface area (Å²) in [6.07, 6.45) is 1.12. The molecule has 5 nitrogen and oxygen atoms in total. The van der Waals surface area contributed by atoms with Crippen LogP contribution in [0, 0.1) is 10.1 Å². The van der Waals surface area contributed by atoms with Crippen LogP contribution in [0.2, 0.25) is 0 Å². The number of nitro benzene ring substituents is 1. The molecule has 6 heteroatoms. The Labute approximate surface area is 115 Å². The summed E-state index contributed by atoms with van der Waals surface area (Å²) in [6, 6.07) is 5.49. The Balaban J connectivity index is 2.18. The third-order valence-corrected chi connectivity index (χ3v) is 4.01. The highest BCUT2D eigenvalue weighted by atomic mass is 79.9. The van der Waals surface area contributed by atoms with Crippen molar-refractivity contribution in [3.05, 3.63) is 32.8 Å². The maximum atomic E-state index is 10.7. The summed E-state index contributed by atoms with van der Waals surface area (Å²) in [5.74, 6) is 0. The Morgan fingerprint density at radius 3 is 2.72 bits per heavy atom. The predicted octanol–water partition coefficient (Wildman–Crippen LogP) is 2.50. The number of likely N-dealkylation sites (N-methyl/N-ethyl adjacent to an activating group) is 1. The molecule has 1 fully saturated rings. The highest BCUT2D eigenvalue weighted by Crippen LogP contribution is 2.32. The summed E-state index contributed by atoms with van der Waals surface area (Å²) in [4.78, 5) is 14.8. The zero-order valence-corrected chi connectivity index (χ0v) is 12.1. The smallest absolute Gasteiger partial charge is 0.270 e. The maximum absolute atomic E-state index is 10.7. The summed E-state index contributed by atoms with van der Waals surface area (Å²) in [5.41, 5.74) is 1.15. The van der Waals surface area contributed by atoms with Crippen molar-refractivity contribution in [1.82, 2.24) is 4.90 Å². The van der Waals surface area contributed by atoms with Crippen LogP contribution in [0.25, 0.3) is 0 Å². The first-order valence-corrected chi connectivity index (χ1v) is 6.63. The minimum Gasteiger partial charge on any atom is -0.369 e. The highest BCUT2D eigenvalue weighted by Gasteiger charge is 2.25. The highest BCUT2D eigenvalue weighted by molar-refractivity contribution is 9.10. The molecule has 1 heterocycles. The van der Waals surface area contributed by atoms with E-state index in [1.54, 1.807) is 12.1 Å². The molecule has 0 bridgehead atoms. The lowest BCUT2D eigenvalue weighted by Crippen LogP contribution is -2.31. The number of halogens is 1. The van der Waals surface area contributed by atoms with Gasteiger partial charge in [0.25, 0.3) is 5.69 Å². The molecule has 0 aliphatic carbocycles. The Bertz CT molecular complexity index is 465. The average Bonchev–Trinajstić information content (AvgIpc) is 2.78. The molecule has 2 rings (SSSR count). The summed E-state index contributed by atoms with van der Waals surface area (Å²) in [7, 11) is 4.16. The molecule has 0 aromatic heterocycles. The average molecular weight is 314 g/mol. The van der Waals surface area contributed by atoms with Gasteiger partial charge in [-0.05, 0) is 42.5 Å². The topological polar surface area (TPSA) is 49.6 Å². The van der Waals surface area contributed by atoms with E-state index in [1.807, 2.05) is 6.07 Å². The standard InChI is InChI=1S/C12H16BrN3O2/c1-14(2)10-5-6-15(8-10)12-4-3-9(16(17)18)7-11(12)13/h3-4,7,10H,5-6,8H2,1-2H3. The van der Waals surface area contributed by atoms with Crippen LogP contribution in [-0.4, -0.2) is 43.0 Å². The fourth-order valence-electron chi connectivity index (χ4n) is 2.25. The van der Waals surface area contributed by atoms with Gasteiger partial charge in [-0.3, -0.25) is 10.1 Å². The molecule has 0 spiro atoms. The van der Waals surface area contributed by atoms with E-state index >= 15 is 0 Å². The largest absolute Gasteiger partial charge is 0.369 e. The van der Waals surface area contributed by atoms with Gasteiger partial charge in [-0.1, -0.05) is 0 Å². The summed E-state index contributed by atoms with van der Waals surface area (Å²) in [6.45, 7) is 1.95. The quantitative estimate of drug-likeness (QED) is 0.635. The lowest BCUT2D eigenvalue weighted by molar-refractivity contribution is -0.384. The fourth-order valence-corrected chi connectivity index (χ4v) is 2.87. The van der Waals surface area contributed by atoms with E-state index < -0.39 is 0 Å². The van der Waals surface area contributed by atoms with Crippen molar-refractivity contribution in [2.45, 2.75) is 12.5 Å². The molecule has 1 aliphatic rings. The van der Waals surface area contributed by atoms with E-state index in [1.165, 1.54) is 0 Å². The van der Waals surface area contributed by atoms with Gasteiger partial charge in [0.05, 0.1) is 10.6 Å². The van der Waals surface area contributed by atoms with E-state index in [0.717, 1.165) is 29.7 Å². The minimum atomic E-state index is -0.374. The van der Waals surface area contributed by atoms with Crippen LogP contribution in [-0.2, 0) is 0 Å². The second kappa shape index (κ2) is 5.24. The third-order valence-electron chi connectivity index (χ3n) is 3.38. The SMILES string of the molecule is CN(C)C1CCN(c2ccc([N+](=O)[O-])cc2Br)C1. The maximum Gasteiger partial charge on any atom is 0.270 e. The first-order chi connectivity index (χ1) is 8.49. The molecule has 1 aromatic rings. The first-order valence-electron chi connectivity index (χ1n) is 5.84. The van der Waals surface area contributed by atoms with Gasteiger partial charge in [0.15, 0.2) is 0 Å². The van der Waals surface area contributed by atoms with E-state index in [2.05, 4.69) is 39.8 Å². The van der Waals surface area contributed by atoms with Crippen LogP contribution in [0.4, 0.5) is 11.4 Å². The van der Waals surface area contributed by atoms with Crippen molar-refractivity contribution < 1.29 is 4.92 Å². The Morgan fingerprint density at radius 2 is 2.22 bits per heavy atom. The van der Waals surface area contributed by atoms with Crippen LogP contribution >= 0.6 is 15.9 Å². The van der Waals surface area contributed by atoms with Gasteiger partial charge in [0.2, 0.25) is 0 Å². The molecule has 0 radical (unpaired) electrons. The molecular formula is C12H16BrN3O2. The normalized spacial score (nSPS) is 19.6. The molecule has 1 unspecified atom stereocenters. The second-order valence-electron chi connectivity index (χ2n) is 4.74. The molecule has 98 valence electrons. The third kappa shape index (κ3) is 2.64. The number of nitrogens with zero attached hydrogens (tertiary/aromatic N) is 3. The minimum absolute atomic E-state index is 0.119. The number of non-ortho nitro benzene ring substituents is 1. The first kappa shape index (κ1) is 13.3. The molecule has 1 aliphatic heterocycles.